The Morgan fingerprint density at radius 2 is 1.91 bits per heavy atom. The SMILES string of the molecule is COc1ccc2c3c([nH]c2c1)[C@H](CO)N(S(C)(=O)=O)CC31CCN(C(=O)Nc2ccccc2)CC1. The number of carbonyl (C=O) groups excluding carboxylic acids is 1. The predicted molar refractivity (Wildman–Crippen MR) is 134 cm³/mol. The molecule has 1 atom stereocenters. The third kappa shape index (κ3) is 4.15. The van der Waals surface area contributed by atoms with Gasteiger partial charge < -0.3 is 25.0 Å². The van der Waals surface area contributed by atoms with E-state index in [9.17, 15) is 18.3 Å². The van der Waals surface area contributed by atoms with Crippen LogP contribution in [0.5, 0.6) is 5.75 Å². The molecule has 3 N–H and O–H groups in total. The Morgan fingerprint density at radius 1 is 1.20 bits per heavy atom. The minimum absolute atomic E-state index is 0.168. The van der Waals surface area contributed by atoms with Crippen LogP contribution < -0.4 is 10.1 Å². The number of aromatic nitrogens is 1. The van der Waals surface area contributed by atoms with E-state index in [1.54, 1.807) is 12.0 Å². The zero-order valence-electron chi connectivity index (χ0n) is 19.8. The van der Waals surface area contributed by atoms with Crippen molar-refractivity contribution in [1.29, 1.82) is 0 Å². The molecule has 2 aliphatic heterocycles. The van der Waals surface area contributed by atoms with E-state index in [1.807, 2.05) is 48.5 Å². The molecule has 0 saturated carbocycles. The average Bonchev–Trinajstić information content (AvgIpc) is 3.24. The van der Waals surface area contributed by atoms with Crippen LogP contribution >= 0.6 is 0 Å². The molecule has 1 spiro atoms. The summed E-state index contributed by atoms with van der Waals surface area (Å²) in [5, 5.41) is 14.2. The first-order chi connectivity index (χ1) is 16.8. The van der Waals surface area contributed by atoms with E-state index in [0.717, 1.165) is 27.8 Å². The molecule has 2 aromatic carbocycles. The molecule has 9 nitrogen and oxygen atoms in total. The Bertz CT molecular complexity index is 1350. The second-order valence-electron chi connectivity index (χ2n) is 9.40. The maximum Gasteiger partial charge on any atom is 0.321 e. The highest BCUT2D eigenvalue weighted by molar-refractivity contribution is 7.88. The van der Waals surface area contributed by atoms with Gasteiger partial charge in [0.2, 0.25) is 10.0 Å². The number of nitrogens with one attached hydrogen (secondary N) is 2. The predicted octanol–water partition coefficient (Wildman–Crippen LogP) is 3.05. The number of piperidine rings is 1. The largest absolute Gasteiger partial charge is 0.497 e. The van der Waals surface area contributed by atoms with Gasteiger partial charge in [0.15, 0.2) is 0 Å². The van der Waals surface area contributed by atoms with Crippen LogP contribution in [0.15, 0.2) is 48.5 Å². The maximum absolute atomic E-state index is 12.9. The summed E-state index contributed by atoms with van der Waals surface area (Å²) in [5.74, 6) is 0.693. The fourth-order valence-electron chi connectivity index (χ4n) is 5.58. The molecular weight excluding hydrogens is 468 g/mol. The van der Waals surface area contributed by atoms with Crippen LogP contribution in [-0.2, 0) is 15.4 Å². The number of hydrogen-bond donors (Lipinski definition) is 3. The number of rotatable bonds is 4. The van der Waals surface area contributed by atoms with Gasteiger partial charge >= 0.3 is 6.03 Å². The highest BCUT2D eigenvalue weighted by Gasteiger charge is 2.50. The number of methoxy groups -OCH3 is 1. The molecular formula is C25H30N4O5S. The van der Waals surface area contributed by atoms with Gasteiger partial charge in [-0.2, -0.15) is 4.31 Å². The summed E-state index contributed by atoms with van der Waals surface area (Å²) in [6, 6.07) is 14.2. The molecule has 3 heterocycles. The normalized spacial score (nSPS) is 20.1. The quantitative estimate of drug-likeness (QED) is 0.512. The van der Waals surface area contributed by atoms with Crippen LogP contribution in [0, 0.1) is 0 Å². The standard InChI is InChI=1S/C25H30N4O5S/c1-34-18-8-9-19-20(14-18)27-23-21(15-30)29(35(2,32)33)16-25(22(19)23)10-12-28(13-11-25)24(31)26-17-6-4-3-5-7-17/h3-9,14,21,27,30H,10-13,15-16H2,1-2H3,(H,26,31)/t21-/m0/s1. The number of H-pyrrole nitrogens is 1. The molecule has 5 rings (SSSR count). The fraction of sp³-hybridized carbons (Fsp3) is 0.400. The number of likely N-dealkylation sites (tertiary alicyclic amines) is 1. The molecule has 0 bridgehead atoms. The summed E-state index contributed by atoms with van der Waals surface area (Å²) in [5.41, 5.74) is 2.84. The number of anilines is 1. The first-order valence-corrected chi connectivity index (χ1v) is 13.5. The monoisotopic (exact) mass is 498 g/mol. The summed E-state index contributed by atoms with van der Waals surface area (Å²) in [6.45, 7) is 0.910. The minimum atomic E-state index is -3.59. The number of fused-ring (bicyclic) bond motifs is 4. The van der Waals surface area contributed by atoms with E-state index in [4.69, 9.17) is 4.74 Å². The number of aromatic amines is 1. The number of aliphatic hydroxyl groups excluding tert-OH is 1. The van der Waals surface area contributed by atoms with Crippen LogP contribution in [0.3, 0.4) is 0 Å². The van der Waals surface area contributed by atoms with Crippen LogP contribution in [-0.4, -0.2) is 73.4 Å². The number of aliphatic hydroxyl groups is 1. The Morgan fingerprint density at radius 3 is 2.54 bits per heavy atom. The van der Waals surface area contributed by atoms with Crippen molar-refractivity contribution < 1.29 is 23.1 Å². The van der Waals surface area contributed by atoms with Gasteiger partial charge in [0.05, 0.1) is 26.0 Å². The Hall–Kier alpha value is -3.08. The lowest BCUT2D eigenvalue weighted by atomic mass is 9.69. The lowest BCUT2D eigenvalue weighted by Crippen LogP contribution is -2.56. The van der Waals surface area contributed by atoms with E-state index in [-0.39, 0.29) is 19.2 Å². The highest BCUT2D eigenvalue weighted by atomic mass is 32.2. The smallest absolute Gasteiger partial charge is 0.321 e. The van der Waals surface area contributed by atoms with Crippen LogP contribution in [0.2, 0.25) is 0 Å². The molecule has 10 heteroatoms. The first kappa shape index (κ1) is 23.7. The third-order valence-corrected chi connectivity index (χ3v) is 8.57. The van der Waals surface area contributed by atoms with Crippen molar-refractivity contribution in [1.82, 2.24) is 14.2 Å². The molecule has 0 radical (unpaired) electrons. The van der Waals surface area contributed by atoms with Crippen LogP contribution in [0.1, 0.15) is 30.1 Å². The second kappa shape index (κ2) is 8.85. The zero-order chi connectivity index (χ0) is 24.8. The van der Waals surface area contributed by atoms with Crippen molar-refractivity contribution in [3.05, 3.63) is 59.8 Å². The number of benzene rings is 2. The minimum Gasteiger partial charge on any atom is -0.497 e. The first-order valence-electron chi connectivity index (χ1n) is 11.6. The Balaban J connectivity index is 1.52. The number of nitrogens with zero attached hydrogens (tertiary/aromatic N) is 2. The lowest BCUT2D eigenvalue weighted by Gasteiger charge is -2.49. The molecule has 1 fully saturated rings. The molecule has 2 aliphatic rings. The van der Waals surface area contributed by atoms with Gasteiger partial charge in [0.1, 0.15) is 5.75 Å². The zero-order valence-corrected chi connectivity index (χ0v) is 20.6. The molecule has 0 unspecified atom stereocenters. The second-order valence-corrected chi connectivity index (χ2v) is 11.3. The van der Waals surface area contributed by atoms with Crippen molar-refractivity contribution in [3.63, 3.8) is 0 Å². The van der Waals surface area contributed by atoms with E-state index < -0.39 is 21.5 Å². The van der Waals surface area contributed by atoms with Crippen molar-refractivity contribution in [3.8, 4) is 5.75 Å². The van der Waals surface area contributed by atoms with Gasteiger partial charge in [0, 0.05) is 53.4 Å². The van der Waals surface area contributed by atoms with Gasteiger partial charge in [-0.05, 0) is 42.7 Å². The van der Waals surface area contributed by atoms with Gasteiger partial charge in [-0.25, -0.2) is 13.2 Å². The van der Waals surface area contributed by atoms with Crippen molar-refractivity contribution in [2.24, 2.45) is 0 Å². The van der Waals surface area contributed by atoms with Gasteiger partial charge in [0.25, 0.3) is 0 Å². The number of amides is 2. The van der Waals surface area contributed by atoms with Gasteiger partial charge in [-0.15, -0.1) is 0 Å². The van der Waals surface area contributed by atoms with Crippen molar-refractivity contribution >= 4 is 32.6 Å². The molecule has 2 amide bonds. The number of carbonyl (C=O) groups is 1. The average molecular weight is 499 g/mol. The number of hydrogen-bond acceptors (Lipinski definition) is 5. The fourth-order valence-corrected chi connectivity index (χ4v) is 6.69. The van der Waals surface area contributed by atoms with E-state index in [0.29, 0.717) is 31.7 Å². The Kier molecular flexibility index (Phi) is 5.98. The molecule has 0 aliphatic carbocycles. The summed E-state index contributed by atoms with van der Waals surface area (Å²) < 4.78 is 32.4. The summed E-state index contributed by atoms with van der Waals surface area (Å²) in [7, 11) is -1.99. The molecule has 3 aromatic rings. The molecule has 1 saturated heterocycles. The van der Waals surface area contributed by atoms with Gasteiger partial charge in [-0.1, -0.05) is 18.2 Å². The Labute approximate surface area is 204 Å². The third-order valence-electron chi connectivity index (χ3n) is 7.34. The maximum atomic E-state index is 12.9. The van der Waals surface area contributed by atoms with Crippen molar-refractivity contribution in [2.75, 3.05) is 44.9 Å². The van der Waals surface area contributed by atoms with E-state index >= 15 is 0 Å². The summed E-state index contributed by atoms with van der Waals surface area (Å²) in [6.07, 6.45) is 2.39. The molecule has 1 aromatic heterocycles. The van der Waals surface area contributed by atoms with Gasteiger partial charge in [-0.3, -0.25) is 0 Å². The van der Waals surface area contributed by atoms with Crippen LogP contribution in [0.4, 0.5) is 10.5 Å². The number of para-hydroxylation sites is 1. The van der Waals surface area contributed by atoms with Crippen LogP contribution in [0.25, 0.3) is 10.9 Å². The number of ether oxygens (including phenoxy) is 1. The molecule has 35 heavy (non-hydrogen) atoms. The highest BCUT2D eigenvalue weighted by Crippen LogP contribution is 2.49. The van der Waals surface area contributed by atoms with Crippen molar-refractivity contribution in [2.45, 2.75) is 24.3 Å². The van der Waals surface area contributed by atoms with E-state index in [2.05, 4.69) is 10.3 Å². The number of sulfonamides is 1. The topological polar surface area (TPSA) is 115 Å². The summed E-state index contributed by atoms with van der Waals surface area (Å²) in [4.78, 5) is 18.1. The molecule has 186 valence electrons. The van der Waals surface area contributed by atoms with E-state index in [1.165, 1.54) is 10.6 Å². The number of urea groups is 1. The lowest BCUT2D eigenvalue weighted by molar-refractivity contribution is 0.107. The summed E-state index contributed by atoms with van der Waals surface area (Å²) >= 11 is 0.